The molecule has 1 heterocycles. The van der Waals surface area contributed by atoms with Crippen molar-refractivity contribution in [1.82, 2.24) is 0 Å². The van der Waals surface area contributed by atoms with Crippen LogP contribution in [0, 0.1) is 6.92 Å². The van der Waals surface area contributed by atoms with Gasteiger partial charge in [0.15, 0.2) is 0 Å². The topological polar surface area (TPSA) is 20.3 Å². The predicted molar refractivity (Wildman–Crippen MR) is 76.0 cm³/mol. The SMILES string of the molecule is Cc1cc(N2C(=O)C(C)SC2=S)ccc1Br. The number of thioether (sulfide) groups is 1. The van der Waals surface area contributed by atoms with Gasteiger partial charge in [0.1, 0.15) is 4.32 Å². The van der Waals surface area contributed by atoms with E-state index in [0.717, 1.165) is 15.7 Å². The van der Waals surface area contributed by atoms with E-state index >= 15 is 0 Å². The standard InChI is InChI=1S/C11H10BrNOS2/c1-6-5-8(3-4-9(6)12)13-10(14)7(2)16-11(13)15/h3-5,7H,1-2H3. The molecule has 1 aliphatic heterocycles. The van der Waals surface area contributed by atoms with E-state index in [1.165, 1.54) is 11.8 Å². The summed E-state index contributed by atoms with van der Waals surface area (Å²) < 4.78 is 1.67. The van der Waals surface area contributed by atoms with Crippen LogP contribution in [-0.4, -0.2) is 15.5 Å². The molecule has 5 heteroatoms. The molecule has 1 atom stereocenters. The molecule has 1 unspecified atom stereocenters. The molecule has 1 amide bonds. The summed E-state index contributed by atoms with van der Waals surface area (Å²) in [5.41, 5.74) is 1.95. The molecular formula is C11H10BrNOS2. The third kappa shape index (κ3) is 2.04. The third-order valence-corrected chi connectivity index (χ3v) is 4.73. The Morgan fingerprint density at radius 3 is 2.69 bits per heavy atom. The number of nitrogens with zero attached hydrogens (tertiary/aromatic N) is 1. The van der Waals surface area contributed by atoms with Crippen molar-refractivity contribution in [2.75, 3.05) is 4.90 Å². The van der Waals surface area contributed by atoms with Gasteiger partial charge >= 0.3 is 0 Å². The number of amides is 1. The molecule has 2 nitrogen and oxygen atoms in total. The number of hydrogen-bond donors (Lipinski definition) is 0. The Labute approximate surface area is 113 Å². The maximum atomic E-state index is 11.9. The van der Waals surface area contributed by atoms with Gasteiger partial charge in [0.05, 0.1) is 10.9 Å². The van der Waals surface area contributed by atoms with E-state index in [-0.39, 0.29) is 11.2 Å². The molecule has 1 aromatic carbocycles. The van der Waals surface area contributed by atoms with Crippen molar-refractivity contribution in [1.29, 1.82) is 0 Å². The van der Waals surface area contributed by atoms with Crippen molar-refractivity contribution in [3.63, 3.8) is 0 Å². The molecule has 84 valence electrons. The Morgan fingerprint density at radius 1 is 1.50 bits per heavy atom. The molecule has 0 saturated carbocycles. The Kier molecular flexibility index (Phi) is 3.37. The average Bonchev–Trinajstić information content (AvgIpc) is 2.47. The summed E-state index contributed by atoms with van der Waals surface area (Å²) in [5, 5.41) is -0.0727. The molecule has 0 bridgehead atoms. The van der Waals surface area contributed by atoms with E-state index in [1.807, 2.05) is 32.0 Å². The van der Waals surface area contributed by atoms with Gasteiger partial charge < -0.3 is 0 Å². The molecule has 0 N–H and O–H groups in total. The lowest BCUT2D eigenvalue weighted by Crippen LogP contribution is -2.30. The number of benzene rings is 1. The van der Waals surface area contributed by atoms with Crippen molar-refractivity contribution in [2.45, 2.75) is 19.1 Å². The van der Waals surface area contributed by atoms with E-state index in [4.69, 9.17) is 12.2 Å². The Balaban J connectivity index is 2.41. The van der Waals surface area contributed by atoms with Crippen molar-refractivity contribution in [2.24, 2.45) is 0 Å². The maximum absolute atomic E-state index is 11.9. The molecule has 16 heavy (non-hydrogen) atoms. The fourth-order valence-electron chi connectivity index (χ4n) is 1.53. The third-order valence-electron chi connectivity index (χ3n) is 2.43. The van der Waals surface area contributed by atoms with Crippen LogP contribution in [0.4, 0.5) is 5.69 Å². The summed E-state index contributed by atoms with van der Waals surface area (Å²) in [7, 11) is 0. The second-order valence-corrected chi connectivity index (χ2v) is 6.46. The first-order valence-corrected chi connectivity index (χ1v) is 6.89. The summed E-state index contributed by atoms with van der Waals surface area (Å²) in [6.07, 6.45) is 0. The van der Waals surface area contributed by atoms with Crippen molar-refractivity contribution >= 4 is 55.8 Å². The van der Waals surface area contributed by atoms with Crippen LogP contribution in [-0.2, 0) is 4.79 Å². The Morgan fingerprint density at radius 2 is 2.19 bits per heavy atom. The van der Waals surface area contributed by atoms with Gasteiger partial charge in [-0.3, -0.25) is 9.69 Å². The molecule has 1 saturated heterocycles. The maximum Gasteiger partial charge on any atom is 0.245 e. The monoisotopic (exact) mass is 315 g/mol. The predicted octanol–water partition coefficient (Wildman–Crippen LogP) is 3.51. The number of halogens is 1. The smallest absolute Gasteiger partial charge is 0.245 e. The minimum Gasteiger partial charge on any atom is -0.273 e. The Bertz CT molecular complexity index is 475. The highest BCUT2D eigenvalue weighted by Gasteiger charge is 2.34. The largest absolute Gasteiger partial charge is 0.273 e. The van der Waals surface area contributed by atoms with Crippen LogP contribution in [0.15, 0.2) is 22.7 Å². The number of hydrogen-bond acceptors (Lipinski definition) is 3. The summed E-state index contributed by atoms with van der Waals surface area (Å²) in [6, 6.07) is 5.81. The van der Waals surface area contributed by atoms with Crippen molar-refractivity contribution in [3.05, 3.63) is 28.2 Å². The first-order valence-electron chi connectivity index (χ1n) is 4.81. The normalized spacial score (nSPS) is 20.7. The molecule has 1 aliphatic rings. The van der Waals surface area contributed by atoms with E-state index in [0.29, 0.717) is 4.32 Å². The van der Waals surface area contributed by atoms with Crippen molar-refractivity contribution < 1.29 is 4.79 Å². The molecule has 0 aliphatic carbocycles. The zero-order chi connectivity index (χ0) is 11.9. The summed E-state index contributed by atoms with van der Waals surface area (Å²) in [6.45, 7) is 3.87. The molecule has 0 spiro atoms. The molecule has 2 rings (SSSR count). The number of rotatable bonds is 1. The number of carbonyl (C=O) groups excluding carboxylic acids is 1. The van der Waals surface area contributed by atoms with Crippen LogP contribution in [0.25, 0.3) is 0 Å². The fourth-order valence-corrected chi connectivity index (χ4v) is 3.21. The molecule has 0 aromatic heterocycles. The fraction of sp³-hybridized carbons (Fsp3) is 0.273. The second kappa shape index (κ2) is 4.47. The van der Waals surface area contributed by atoms with Crippen LogP contribution in [0.2, 0.25) is 0 Å². The van der Waals surface area contributed by atoms with Gasteiger partial charge in [0, 0.05) is 4.47 Å². The highest BCUT2D eigenvalue weighted by atomic mass is 79.9. The van der Waals surface area contributed by atoms with Crippen LogP contribution in [0.1, 0.15) is 12.5 Å². The van der Waals surface area contributed by atoms with Crippen molar-refractivity contribution in [3.8, 4) is 0 Å². The lowest BCUT2D eigenvalue weighted by atomic mass is 10.2. The van der Waals surface area contributed by atoms with Crippen LogP contribution < -0.4 is 4.90 Å². The molecule has 1 fully saturated rings. The zero-order valence-electron chi connectivity index (χ0n) is 8.86. The zero-order valence-corrected chi connectivity index (χ0v) is 12.1. The summed E-state index contributed by atoms with van der Waals surface area (Å²) in [5.74, 6) is 0.0664. The average molecular weight is 316 g/mol. The first kappa shape index (κ1) is 12.1. The quantitative estimate of drug-likeness (QED) is 0.740. The van der Waals surface area contributed by atoms with Gasteiger partial charge in [-0.2, -0.15) is 0 Å². The summed E-state index contributed by atoms with van der Waals surface area (Å²) in [4.78, 5) is 13.5. The van der Waals surface area contributed by atoms with Gasteiger partial charge in [-0.25, -0.2) is 0 Å². The lowest BCUT2D eigenvalue weighted by molar-refractivity contribution is -0.116. The lowest BCUT2D eigenvalue weighted by Gasteiger charge is -2.16. The highest BCUT2D eigenvalue weighted by Crippen LogP contribution is 2.33. The number of carbonyl (C=O) groups is 1. The van der Waals surface area contributed by atoms with E-state index < -0.39 is 0 Å². The van der Waals surface area contributed by atoms with Crippen LogP contribution in [0.5, 0.6) is 0 Å². The molecular weight excluding hydrogens is 306 g/mol. The number of thiocarbonyl (C=S) groups is 1. The number of anilines is 1. The van der Waals surface area contributed by atoms with E-state index in [9.17, 15) is 4.79 Å². The van der Waals surface area contributed by atoms with Crippen LogP contribution in [0.3, 0.4) is 0 Å². The van der Waals surface area contributed by atoms with Gasteiger partial charge in [-0.15, -0.1) is 0 Å². The van der Waals surface area contributed by atoms with Gasteiger partial charge in [0.2, 0.25) is 5.91 Å². The minimum absolute atomic E-state index is 0.0664. The molecule has 0 radical (unpaired) electrons. The number of aryl methyl sites for hydroxylation is 1. The van der Waals surface area contributed by atoms with Crippen LogP contribution >= 0.6 is 39.9 Å². The highest BCUT2D eigenvalue weighted by molar-refractivity contribution is 9.10. The van der Waals surface area contributed by atoms with Gasteiger partial charge in [0.25, 0.3) is 0 Å². The first-order chi connectivity index (χ1) is 7.50. The minimum atomic E-state index is -0.0727. The summed E-state index contributed by atoms with van der Waals surface area (Å²) >= 11 is 10.1. The van der Waals surface area contributed by atoms with E-state index in [2.05, 4.69) is 15.9 Å². The molecule has 1 aromatic rings. The van der Waals surface area contributed by atoms with E-state index in [1.54, 1.807) is 4.90 Å². The van der Waals surface area contributed by atoms with Gasteiger partial charge in [-0.05, 0) is 37.6 Å². The van der Waals surface area contributed by atoms with Gasteiger partial charge in [-0.1, -0.05) is 39.9 Å². The second-order valence-electron chi connectivity index (χ2n) is 3.63. The Hall–Kier alpha value is -0.390.